The molecule has 0 aromatic carbocycles. The molecule has 1 rings (SSSR count). The molecule has 0 radical (unpaired) electrons. The van der Waals surface area contributed by atoms with Gasteiger partial charge in [0.15, 0.2) is 0 Å². The zero-order valence-corrected chi connectivity index (χ0v) is 11.0. The molecule has 1 aliphatic rings. The van der Waals surface area contributed by atoms with Crippen molar-refractivity contribution in [1.29, 1.82) is 0 Å². The first-order valence-corrected chi connectivity index (χ1v) is 6.98. The third-order valence-corrected chi connectivity index (χ3v) is 4.15. The van der Waals surface area contributed by atoms with Crippen LogP contribution in [-0.2, 0) is 10.0 Å². The maximum absolute atomic E-state index is 11.2. The van der Waals surface area contributed by atoms with Gasteiger partial charge in [-0.15, -0.1) is 12.4 Å². The Morgan fingerprint density at radius 1 is 1.33 bits per heavy atom. The Hall–Kier alpha value is 0.160. The molecule has 92 valence electrons. The molecule has 0 bridgehead atoms. The summed E-state index contributed by atoms with van der Waals surface area (Å²) in [5.74, 6) is 0.695. The minimum absolute atomic E-state index is 0. The van der Waals surface area contributed by atoms with Crippen LogP contribution in [0.5, 0.6) is 0 Å². The van der Waals surface area contributed by atoms with Gasteiger partial charge in [-0.05, 0) is 38.8 Å². The summed E-state index contributed by atoms with van der Waals surface area (Å²) in [4.78, 5) is 0. The van der Waals surface area contributed by atoms with Crippen molar-refractivity contribution in [3.8, 4) is 0 Å². The summed E-state index contributed by atoms with van der Waals surface area (Å²) in [6.07, 6.45) is 4.47. The van der Waals surface area contributed by atoms with Gasteiger partial charge in [0, 0.05) is 13.1 Å². The largest absolute Gasteiger partial charge is 0.320 e. The first kappa shape index (κ1) is 15.2. The second-order valence-electron chi connectivity index (χ2n) is 4.00. The fourth-order valence-electron chi connectivity index (χ4n) is 1.88. The molecular weight excluding hydrogens is 236 g/mol. The molecule has 4 nitrogen and oxygen atoms in total. The van der Waals surface area contributed by atoms with Gasteiger partial charge in [0.1, 0.15) is 0 Å². The van der Waals surface area contributed by atoms with Crippen LogP contribution in [0.3, 0.4) is 0 Å². The van der Waals surface area contributed by atoms with Crippen molar-refractivity contribution in [1.82, 2.24) is 9.62 Å². The Labute approximate surface area is 98.9 Å². The molecule has 1 fully saturated rings. The van der Waals surface area contributed by atoms with E-state index in [1.165, 1.54) is 6.26 Å². The van der Waals surface area contributed by atoms with Crippen LogP contribution in [0.1, 0.15) is 19.3 Å². The topological polar surface area (TPSA) is 49.4 Å². The summed E-state index contributed by atoms with van der Waals surface area (Å²) >= 11 is 0. The molecule has 0 aromatic rings. The normalized spacial score (nSPS) is 19.9. The second-order valence-corrected chi connectivity index (χ2v) is 5.98. The third-order valence-electron chi connectivity index (χ3n) is 2.85. The summed E-state index contributed by atoms with van der Waals surface area (Å²) in [6.45, 7) is 2.43. The summed E-state index contributed by atoms with van der Waals surface area (Å²) in [6, 6.07) is 0. The Morgan fingerprint density at radius 3 is 2.27 bits per heavy atom. The van der Waals surface area contributed by atoms with E-state index in [9.17, 15) is 8.42 Å². The summed E-state index contributed by atoms with van der Waals surface area (Å²) in [5.41, 5.74) is 0. The smallest absolute Gasteiger partial charge is 0.211 e. The van der Waals surface area contributed by atoms with Gasteiger partial charge in [0.25, 0.3) is 0 Å². The zero-order chi connectivity index (χ0) is 10.6. The Bertz CT molecular complexity index is 261. The lowest BCUT2D eigenvalue weighted by atomic mass is 9.95. The fraction of sp³-hybridized carbons (Fsp3) is 1.00. The monoisotopic (exact) mass is 256 g/mol. The average Bonchev–Trinajstić information content (AvgIpc) is 2.14. The number of sulfonamides is 1. The Morgan fingerprint density at radius 2 is 1.87 bits per heavy atom. The summed E-state index contributed by atoms with van der Waals surface area (Å²) in [7, 11) is -1.00. The predicted octanol–water partition coefficient (Wildman–Crippen LogP) is 0.689. The Balaban J connectivity index is 0.00000196. The maximum Gasteiger partial charge on any atom is 0.211 e. The molecular formula is C9H21ClN2O2S. The van der Waals surface area contributed by atoms with Gasteiger partial charge < -0.3 is 5.32 Å². The number of rotatable bonds is 4. The first-order valence-electron chi connectivity index (χ1n) is 5.13. The van der Waals surface area contributed by atoms with Crippen molar-refractivity contribution in [2.45, 2.75) is 19.3 Å². The van der Waals surface area contributed by atoms with Crippen LogP contribution in [0.4, 0.5) is 0 Å². The van der Waals surface area contributed by atoms with Gasteiger partial charge >= 0.3 is 0 Å². The second kappa shape index (κ2) is 6.68. The molecule has 15 heavy (non-hydrogen) atoms. The molecule has 0 aromatic heterocycles. The van der Waals surface area contributed by atoms with Crippen molar-refractivity contribution < 1.29 is 8.42 Å². The van der Waals surface area contributed by atoms with Crippen LogP contribution in [0.15, 0.2) is 0 Å². The third kappa shape index (κ3) is 5.15. The van der Waals surface area contributed by atoms with Crippen molar-refractivity contribution >= 4 is 22.4 Å². The number of nitrogens with zero attached hydrogens (tertiary/aromatic N) is 1. The summed E-state index contributed by atoms with van der Waals surface area (Å²) < 4.78 is 24.0. The minimum atomic E-state index is -2.95. The SMILES string of the molecule is CNCCC1CCN(S(C)(=O)=O)CC1.Cl. The molecule has 1 N–H and O–H groups in total. The number of hydrogen-bond donors (Lipinski definition) is 1. The highest BCUT2D eigenvalue weighted by atomic mass is 35.5. The lowest BCUT2D eigenvalue weighted by Gasteiger charge is -2.30. The molecule has 1 saturated heterocycles. The highest BCUT2D eigenvalue weighted by Crippen LogP contribution is 2.21. The number of piperidine rings is 1. The van der Waals surface area contributed by atoms with Crippen LogP contribution in [0.2, 0.25) is 0 Å². The number of hydrogen-bond acceptors (Lipinski definition) is 3. The molecule has 0 amide bonds. The van der Waals surface area contributed by atoms with Crippen LogP contribution in [0, 0.1) is 5.92 Å². The fourth-order valence-corrected chi connectivity index (χ4v) is 2.75. The Kier molecular flexibility index (Phi) is 6.75. The minimum Gasteiger partial charge on any atom is -0.320 e. The lowest BCUT2D eigenvalue weighted by Crippen LogP contribution is -2.38. The molecule has 0 atom stereocenters. The van der Waals surface area contributed by atoms with E-state index in [1.54, 1.807) is 4.31 Å². The van der Waals surface area contributed by atoms with Gasteiger partial charge in [-0.2, -0.15) is 0 Å². The van der Waals surface area contributed by atoms with Crippen LogP contribution in [0.25, 0.3) is 0 Å². The van der Waals surface area contributed by atoms with E-state index in [2.05, 4.69) is 5.32 Å². The lowest BCUT2D eigenvalue weighted by molar-refractivity contribution is 0.264. The first-order chi connectivity index (χ1) is 6.54. The highest BCUT2D eigenvalue weighted by Gasteiger charge is 2.24. The molecule has 0 spiro atoms. The maximum atomic E-state index is 11.2. The molecule has 6 heteroatoms. The van der Waals surface area contributed by atoms with E-state index in [4.69, 9.17) is 0 Å². The van der Waals surface area contributed by atoms with Crippen molar-refractivity contribution in [2.75, 3.05) is 32.9 Å². The van der Waals surface area contributed by atoms with Crippen molar-refractivity contribution in [3.63, 3.8) is 0 Å². The average molecular weight is 257 g/mol. The standard InChI is InChI=1S/C9H20N2O2S.ClH/c1-10-6-3-9-4-7-11(8-5-9)14(2,12)13;/h9-10H,3-8H2,1-2H3;1H. The molecule has 0 aliphatic carbocycles. The van der Waals surface area contributed by atoms with E-state index in [0.717, 1.165) is 25.8 Å². The van der Waals surface area contributed by atoms with E-state index >= 15 is 0 Å². The van der Waals surface area contributed by atoms with Gasteiger partial charge in [0.2, 0.25) is 10.0 Å². The van der Waals surface area contributed by atoms with E-state index < -0.39 is 10.0 Å². The number of nitrogens with one attached hydrogen (secondary N) is 1. The van der Waals surface area contributed by atoms with Crippen molar-refractivity contribution in [2.24, 2.45) is 5.92 Å². The van der Waals surface area contributed by atoms with Gasteiger partial charge in [-0.25, -0.2) is 12.7 Å². The molecule has 1 aliphatic heterocycles. The quantitative estimate of drug-likeness (QED) is 0.805. The van der Waals surface area contributed by atoms with Crippen LogP contribution >= 0.6 is 12.4 Å². The van der Waals surface area contributed by atoms with E-state index in [0.29, 0.717) is 19.0 Å². The zero-order valence-electron chi connectivity index (χ0n) is 9.40. The predicted molar refractivity (Wildman–Crippen MR) is 64.9 cm³/mol. The summed E-state index contributed by atoms with van der Waals surface area (Å²) in [5, 5.41) is 3.12. The molecule has 1 heterocycles. The molecule has 0 unspecified atom stereocenters. The molecule has 0 saturated carbocycles. The van der Waals surface area contributed by atoms with Gasteiger partial charge in [-0.3, -0.25) is 0 Å². The van der Waals surface area contributed by atoms with Crippen LogP contribution in [-0.4, -0.2) is 45.7 Å². The van der Waals surface area contributed by atoms with Gasteiger partial charge in [0.05, 0.1) is 6.26 Å². The van der Waals surface area contributed by atoms with Crippen molar-refractivity contribution in [3.05, 3.63) is 0 Å². The van der Waals surface area contributed by atoms with E-state index in [1.807, 2.05) is 7.05 Å². The van der Waals surface area contributed by atoms with Crippen LogP contribution < -0.4 is 5.32 Å². The number of halogens is 1. The van der Waals surface area contributed by atoms with E-state index in [-0.39, 0.29) is 12.4 Å². The highest BCUT2D eigenvalue weighted by molar-refractivity contribution is 7.88. The van der Waals surface area contributed by atoms with Gasteiger partial charge in [-0.1, -0.05) is 0 Å².